The van der Waals surface area contributed by atoms with E-state index < -0.39 is 6.10 Å². The largest absolute Gasteiger partial charge is 0.489 e. The van der Waals surface area contributed by atoms with Crippen molar-refractivity contribution in [1.29, 1.82) is 0 Å². The molecule has 4 heteroatoms. The van der Waals surface area contributed by atoms with Crippen molar-refractivity contribution in [3.8, 4) is 5.75 Å². The van der Waals surface area contributed by atoms with Crippen LogP contribution in [0.25, 0.3) is 0 Å². The molecule has 0 fully saturated rings. The molecule has 0 spiro atoms. The Morgan fingerprint density at radius 3 is 2.41 bits per heavy atom. The Morgan fingerprint density at radius 2 is 1.94 bits per heavy atom. The fourth-order valence-electron chi connectivity index (χ4n) is 1.48. The lowest BCUT2D eigenvalue weighted by Gasteiger charge is -2.18. The van der Waals surface area contributed by atoms with Gasteiger partial charge in [0.1, 0.15) is 5.75 Å². The average molecular weight is 259 g/mol. The highest BCUT2D eigenvalue weighted by Gasteiger charge is 2.17. The summed E-state index contributed by atoms with van der Waals surface area (Å²) in [5.41, 5.74) is 0.688. The van der Waals surface area contributed by atoms with Gasteiger partial charge in [-0.15, -0.1) is 0 Å². The molecule has 0 amide bonds. The van der Waals surface area contributed by atoms with Crippen LogP contribution in [0.4, 0.5) is 0 Å². The van der Waals surface area contributed by atoms with Crippen molar-refractivity contribution in [1.82, 2.24) is 0 Å². The third-order valence-corrected chi connectivity index (χ3v) is 2.78. The Kier molecular flexibility index (Phi) is 5.25. The summed E-state index contributed by atoms with van der Waals surface area (Å²) in [6.45, 7) is 5.56. The second-order valence-electron chi connectivity index (χ2n) is 4.46. The van der Waals surface area contributed by atoms with Gasteiger partial charge in [0.05, 0.1) is 17.2 Å². The maximum Gasteiger partial charge on any atom is 0.138 e. The topological polar surface area (TPSA) is 49.7 Å². The third kappa shape index (κ3) is 3.87. The zero-order valence-electron chi connectivity index (χ0n) is 10.4. The first kappa shape index (κ1) is 14.3. The van der Waals surface area contributed by atoms with E-state index in [0.29, 0.717) is 16.3 Å². The summed E-state index contributed by atoms with van der Waals surface area (Å²) in [4.78, 5) is 0. The monoisotopic (exact) mass is 258 g/mol. The lowest BCUT2D eigenvalue weighted by molar-refractivity contribution is 0.0770. The molecule has 17 heavy (non-hydrogen) atoms. The Hall–Kier alpha value is -0.770. The Balaban J connectivity index is 2.88. The van der Waals surface area contributed by atoms with Crippen molar-refractivity contribution in [2.45, 2.75) is 33.0 Å². The van der Waals surface area contributed by atoms with Crippen molar-refractivity contribution in [2.24, 2.45) is 5.92 Å². The number of ether oxygens (including phenoxy) is 1. The molecule has 1 aromatic carbocycles. The third-order valence-electron chi connectivity index (χ3n) is 2.49. The molecular formula is C13H19ClO3. The lowest BCUT2D eigenvalue weighted by Crippen LogP contribution is -2.13. The molecule has 0 radical (unpaired) electrons. The van der Waals surface area contributed by atoms with Gasteiger partial charge in [0.15, 0.2) is 0 Å². The van der Waals surface area contributed by atoms with Crippen LogP contribution < -0.4 is 4.74 Å². The Bertz CT molecular complexity index is 366. The van der Waals surface area contributed by atoms with Crippen LogP contribution in [0.15, 0.2) is 18.2 Å². The Labute approximate surface area is 107 Å². The van der Waals surface area contributed by atoms with E-state index in [1.807, 2.05) is 13.8 Å². The molecule has 1 unspecified atom stereocenters. The van der Waals surface area contributed by atoms with Crippen LogP contribution in [0.2, 0.25) is 5.02 Å². The zero-order chi connectivity index (χ0) is 13.0. The first-order chi connectivity index (χ1) is 7.95. The van der Waals surface area contributed by atoms with Crippen LogP contribution in [0.5, 0.6) is 5.75 Å². The molecule has 0 aliphatic heterocycles. The van der Waals surface area contributed by atoms with E-state index in [9.17, 15) is 5.11 Å². The molecule has 3 nitrogen and oxygen atoms in total. The van der Waals surface area contributed by atoms with Gasteiger partial charge in [0.25, 0.3) is 0 Å². The van der Waals surface area contributed by atoms with E-state index in [2.05, 4.69) is 0 Å². The predicted molar refractivity (Wildman–Crippen MR) is 68.4 cm³/mol. The summed E-state index contributed by atoms with van der Waals surface area (Å²) in [7, 11) is 0. The van der Waals surface area contributed by atoms with Gasteiger partial charge in [0.2, 0.25) is 0 Å². The van der Waals surface area contributed by atoms with Crippen molar-refractivity contribution in [2.75, 3.05) is 6.61 Å². The van der Waals surface area contributed by atoms with Gasteiger partial charge in [-0.25, -0.2) is 0 Å². The quantitative estimate of drug-likeness (QED) is 0.854. The first-order valence-electron chi connectivity index (χ1n) is 5.70. The van der Waals surface area contributed by atoms with Crippen molar-refractivity contribution in [3.63, 3.8) is 0 Å². The minimum Gasteiger partial charge on any atom is -0.489 e. The molecule has 1 rings (SSSR count). The fraction of sp³-hybridized carbons (Fsp3) is 0.538. The number of hydrogen-bond acceptors (Lipinski definition) is 3. The van der Waals surface area contributed by atoms with Crippen LogP contribution in [-0.4, -0.2) is 22.9 Å². The normalized spacial score (nSPS) is 14.8. The molecule has 1 aromatic rings. The molecule has 0 saturated carbocycles. The Morgan fingerprint density at radius 1 is 1.29 bits per heavy atom. The summed E-state index contributed by atoms with van der Waals surface area (Å²) < 4.78 is 5.50. The molecule has 2 N–H and O–H groups in total. The van der Waals surface area contributed by atoms with Crippen LogP contribution >= 0.6 is 11.6 Å². The van der Waals surface area contributed by atoms with E-state index in [-0.39, 0.29) is 18.6 Å². The molecule has 0 heterocycles. The summed E-state index contributed by atoms with van der Waals surface area (Å²) in [6.07, 6.45) is -0.662. The zero-order valence-corrected chi connectivity index (χ0v) is 11.1. The van der Waals surface area contributed by atoms with Crippen molar-refractivity contribution in [3.05, 3.63) is 28.8 Å². The number of aliphatic hydroxyl groups excluding tert-OH is 2. The van der Waals surface area contributed by atoms with Gasteiger partial charge in [-0.05, 0) is 31.5 Å². The minimum atomic E-state index is -0.717. The van der Waals surface area contributed by atoms with E-state index >= 15 is 0 Å². The molecule has 0 aliphatic carbocycles. The summed E-state index contributed by atoms with van der Waals surface area (Å²) in [6, 6.07) is 5.18. The number of rotatable bonds is 5. The van der Waals surface area contributed by atoms with Crippen molar-refractivity contribution < 1.29 is 14.9 Å². The molecule has 96 valence electrons. The average Bonchev–Trinajstić information content (AvgIpc) is 2.29. The van der Waals surface area contributed by atoms with Gasteiger partial charge >= 0.3 is 0 Å². The SMILES string of the molecule is CC(C)Oc1ccc(C(O)[C@H](C)CO)cc1Cl. The van der Waals surface area contributed by atoms with E-state index in [0.717, 1.165) is 0 Å². The maximum absolute atomic E-state index is 9.93. The smallest absolute Gasteiger partial charge is 0.138 e. The second kappa shape index (κ2) is 6.24. The minimum absolute atomic E-state index is 0.0552. The second-order valence-corrected chi connectivity index (χ2v) is 4.87. The number of aliphatic hydroxyl groups is 2. The van der Waals surface area contributed by atoms with Crippen LogP contribution in [0.3, 0.4) is 0 Å². The standard InChI is InChI=1S/C13H19ClO3/c1-8(2)17-12-5-4-10(6-11(12)14)13(16)9(3)7-15/h4-6,8-9,13,15-16H,7H2,1-3H3/t9-,13?/m1/s1. The molecular weight excluding hydrogens is 240 g/mol. The molecule has 0 bridgehead atoms. The van der Waals surface area contributed by atoms with Crippen LogP contribution in [0.1, 0.15) is 32.4 Å². The predicted octanol–water partition coefficient (Wildman–Crippen LogP) is 2.79. The molecule has 0 aliphatic rings. The van der Waals surface area contributed by atoms with Gasteiger partial charge in [-0.1, -0.05) is 24.6 Å². The molecule has 0 aromatic heterocycles. The van der Waals surface area contributed by atoms with Crippen LogP contribution in [-0.2, 0) is 0 Å². The van der Waals surface area contributed by atoms with E-state index in [1.54, 1.807) is 25.1 Å². The molecule has 2 atom stereocenters. The van der Waals surface area contributed by atoms with Gasteiger partial charge in [-0.3, -0.25) is 0 Å². The van der Waals surface area contributed by atoms with E-state index in [1.165, 1.54) is 0 Å². The molecule has 0 saturated heterocycles. The summed E-state index contributed by atoms with van der Waals surface area (Å²) in [5, 5.41) is 19.4. The maximum atomic E-state index is 9.93. The highest BCUT2D eigenvalue weighted by Crippen LogP contribution is 2.30. The van der Waals surface area contributed by atoms with Gasteiger partial charge in [0, 0.05) is 12.5 Å². The fourth-order valence-corrected chi connectivity index (χ4v) is 1.71. The van der Waals surface area contributed by atoms with Gasteiger partial charge in [-0.2, -0.15) is 0 Å². The highest BCUT2D eigenvalue weighted by molar-refractivity contribution is 6.32. The number of benzene rings is 1. The van der Waals surface area contributed by atoms with Crippen molar-refractivity contribution >= 4 is 11.6 Å². The first-order valence-corrected chi connectivity index (χ1v) is 6.08. The highest BCUT2D eigenvalue weighted by atomic mass is 35.5. The van der Waals surface area contributed by atoms with Crippen LogP contribution in [0, 0.1) is 5.92 Å². The summed E-state index contributed by atoms with van der Waals surface area (Å²) >= 11 is 6.07. The number of halogens is 1. The van der Waals surface area contributed by atoms with Gasteiger partial charge < -0.3 is 14.9 Å². The lowest BCUT2D eigenvalue weighted by atomic mass is 9.98. The van der Waals surface area contributed by atoms with E-state index in [4.69, 9.17) is 21.4 Å². The summed E-state index contributed by atoms with van der Waals surface area (Å²) in [5.74, 6) is 0.386. The number of hydrogen-bond donors (Lipinski definition) is 2.